The Bertz CT molecular complexity index is 1210. The van der Waals surface area contributed by atoms with E-state index < -0.39 is 11.9 Å². The van der Waals surface area contributed by atoms with Gasteiger partial charge in [-0.15, -0.1) is 0 Å². The Labute approximate surface area is 208 Å². The fourth-order valence-electron chi connectivity index (χ4n) is 4.20. The van der Waals surface area contributed by atoms with Crippen molar-refractivity contribution in [3.63, 3.8) is 0 Å². The summed E-state index contributed by atoms with van der Waals surface area (Å²) in [5.41, 5.74) is 0.932. The molecular weight excluding hydrogens is 468 g/mol. The van der Waals surface area contributed by atoms with Crippen molar-refractivity contribution in [3.05, 3.63) is 77.3 Å². The molecule has 1 aliphatic heterocycles. The number of rotatable bonds is 9. The molecule has 1 aromatic carbocycles. The fourth-order valence-corrected chi connectivity index (χ4v) is 4.53. The molecule has 3 heterocycles. The van der Waals surface area contributed by atoms with Crippen molar-refractivity contribution in [2.75, 3.05) is 27.2 Å². The van der Waals surface area contributed by atoms with Crippen LogP contribution < -0.4 is 5.32 Å². The number of pyridine rings is 1. The van der Waals surface area contributed by atoms with Crippen LogP contribution in [0.4, 0.5) is 0 Å². The molecule has 9 nitrogen and oxygen atoms in total. The number of benzene rings is 1. The third-order valence-electron chi connectivity index (χ3n) is 5.83. The van der Waals surface area contributed by atoms with E-state index in [2.05, 4.69) is 20.1 Å². The molecule has 3 N–H and O–H groups in total. The van der Waals surface area contributed by atoms with E-state index in [0.717, 1.165) is 24.7 Å². The number of hydrogen-bond acceptors (Lipinski definition) is 6. The molecule has 0 amide bonds. The van der Waals surface area contributed by atoms with Crippen molar-refractivity contribution in [3.8, 4) is 11.3 Å². The molecule has 2 aromatic heterocycles. The van der Waals surface area contributed by atoms with Crippen molar-refractivity contribution in [2.24, 2.45) is 0 Å². The first-order valence-electron chi connectivity index (χ1n) is 11.1. The van der Waals surface area contributed by atoms with Gasteiger partial charge < -0.3 is 29.7 Å². The Morgan fingerprint density at radius 3 is 2.43 bits per heavy atom. The van der Waals surface area contributed by atoms with Gasteiger partial charge in [0.25, 0.3) is 0 Å². The van der Waals surface area contributed by atoms with Crippen LogP contribution in [0, 0.1) is 0 Å². The number of carbonyl (C=O) groups is 2. The monoisotopic (exact) mass is 494 g/mol. The van der Waals surface area contributed by atoms with Crippen LogP contribution in [-0.4, -0.2) is 69.2 Å². The number of thiocarbonyl (C=S) groups is 1. The zero-order valence-corrected chi connectivity index (χ0v) is 20.2. The molecule has 182 valence electrons. The van der Waals surface area contributed by atoms with Gasteiger partial charge in [0, 0.05) is 18.3 Å². The summed E-state index contributed by atoms with van der Waals surface area (Å²) in [5, 5.41) is 22.8. The Kier molecular flexibility index (Phi) is 7.13. The third-order valence-corrected chi connectivity index (χ3v) is 6.18. The number of hydrogen-bond donors (Lipinski definition) is 3. The van der Waals surface area contributed by atoms with Crippen molar-refractivity contribution in [1.82, 2.24) is 20.1 Å². The normalized spacial score (nSPS) is 17.6. The van der Waals surface area contributed by atoms with Gasteiger partial charge >= 0.3 is 11.9 Å². The molecule has 35 heavy (non-hydrogen) atoms. The molecule has 0 aliphatic carbocycles. The number of aromatic carboxylic acids is 2. The van der Waals surface area contributed by atoms with Crippen LogP contribution in [0.15, 0.2) is 59.1 Å². The zero-order chi connectivity index (χ0) is 25.1. The lowest BCUT2D eigenvalue weighted by Gasteiger charge is -2.26. The van der Waals surface area contributed by atoms with Gasteiger partial charge in [0.05, 0.1) is 22.9 Å². The molecule has 2 atom stereocenters. The van der Waals surface area contributed by atoms with Crippen molar-refractivity contribution in [1.29, 1.82) is 0 Å². The predicted molar refractivity (Wildman–Crippen MR) is 133 cm³/mol. The van der Waals surface area contributed by atoms with Gasteiger partial charge in [0.2, 0.25) is 0 Å². The van der Waals surface area contributed by atoms with E-state index in [9.17, 15) is 19.8 Å². The molecule has 3 aromatic rings. The summed E-state index contributed by atoms with van der Waals surface area (Å²) in [4.78, 5) is 31.8. The molecule has 10 heteroatoms. The first kappa shape index (κ1) is 24.4. The minimum Gasteiger partial charge on any atom is -0.478 e. The van der Waals surface area contributed by atoms with Gasteiger partial charge in [0.15, 0.2) is 5.11 Å². The van der Waals surface area contributed by atoms with Gasteiger partial charge in [-0.1, -0.05) is 6.07 Å². The molecule has 1 fully saturated rings. The van der Waals surface area contributed by atoms with E-state index in [4.69, 9.17) is 16.6 Å². The van der Waals surface area contributed by atoms with Gasteiger partial charge in [0.1, 0.15) is 17.6 Å². The van der Waals surface area contributed by atoms with E-state index in [-0.39, 0.29) is 23.2 Å². The average Bonchev–Trinajstić information content (AvgIpc) is 3.44. The summed E-state index contributed by atoms with van der Waals surface area (Å²) in [6, 6.07) is 12.6. The van der Waals surface area contributed by atoms with E-state index in [1.807, 2.05) is 38.4 Å². The number of nitrogens with zero attached hydrogens (tertiary/aromatic N) is 3. The Morgan fingerprint density at radius 1 is 1.11 bits per heavy atom. The molecule has 0 radical (unpaired) electrons. The highest BCUT2D eigenvalue weighted by atomic mass is 32.1. The second-order valence-electron chi connectivity index (χ2n) is 8.59. The smallest absolute Gasteiger partial charge is 0.335 e. The molecule has 0 spiro atoms. The Morgan fingerprint density at radius 2 is 1.83 bits per heavy atom. The Balaban J connectivity index is 1.72. The van der Waals surface area contributed by atoms with Crippen molar-refractivity contribution in [2.45, 2.75) is 18.5 Å². The van der Waals surface area contributed by atoms with Crippen LogP contribution >= 0.6 is 12.2 Å². The second kappa shape index (κ2) is 10.2. The highest BCUT2D eigenvalue weighted by Gasteiger charge is 2.41. The van der Waals surface area contributed by atoms with Crippen molar-refractivity contribution >= 4 is 29.3 Å². The first-order valence-corrected chi connectivity index (χ1v) is 11.5. The van der Waals surface area contributed by atoms with Crippen LogP contribution in [0.2, 0.25) is 0 Å². The van der Waals surface area contributed by atoms with E-state index in [1.54, 1.807) is 12.3 Å². The highest BCUT2D eigenvalue weighted by molar-refractivity contribution is 7.80. The number of aromatic nitrogens is 1. The van der Waals surface area contributed by atoms with Crippen LogP contribution in [0.5, 0.6) is 0 Å². The van der Waals surface area contributed by atoms with Gasteiger partial charge in [-0.3, -0.25) is 4.98 Å². The lowest BCUT2D eigenvalue weighted by atomic mass is 10.0. The standard InChI is InChI=1S/C25H26N4O5S/c1-28(2)10-5-11-29-22(21(27-25(29)35)18-6-3-4-9-26-18)20-8-7-19(34-20)15-12-16(23(30)31)14-17(13-15)24(32)33/h3-4,6-9,12-14,21-22H,5,10-11H2,1-2H3,(H,27,35)(H,30,31)(H,32,33). The lowest BCUT2D eigenvalue weighted by molar-refractivity contribution is 0.0696. The van der Waals surface area contributed by atoms with E-state index >= 15 is 0 Å². The van der Waals surface area contributed by atoms with Crippen molar-refractivity contribution < 1.29 is 24.2 Å². The molecule has 1 saturated heterocycles. The quantitative estimate of drug-likeness (QED) is 0.380. The van der Waals surface area contributed by atoms with Gasteiger partial charge in [-0.25, -0.2) is 9.59 Å². The SMILES string of the molecule is CN(C)CCCN1C(=S)NC(c2ccccn2)C1c1ccc(-c2cc(C(=O)O)cc(C(=O)O)c2)o1. The minimum absolute atomic E-state index is 0.127. The molecule has 0 saturated carbocycles. The number of furan rings is 1. The topological polar surface area (TPSA) is 119 Å². The fraction of sp³-hybridized carbons (Fsp3) is 0.280. The molecule has 2 unspecified atom stereocenters. The second-order valence-corrected chi connectivity index (χ2v) is 8.97. The number of carboxylic acids is 2. The van der Waals surface area contributed by atoms with Crippen LogP contribution in [-0.2, 0) is 0 Å². The van der Waals surface area contributed by atoms with Gasteiger partial charge in [-0.2, -0.15) is 0 Å². The summed E-state index contributed by atoms with van der Waals surface area (Å²) < 4.78 is 6.22. The average molecular weight is 495 g/mol. The summed E-state index contributed by atoms with van der Waals surface area (Å²) in [6.07, 6.45) is 2.61. The van der Waals surface area contributed by atoms with Gasteiger partial charge in [-0.05, 0) is 81.7 Å². The minimum atomic E-state index is -1.21. The largest absolute Gasteiger partial charge is 0.478 e. The summed E-state index contributed by atoms with van der Waals surface area (Å²) in [6.45, 7) is 1.59. The van der Waals surface area contributed by atoms with E-state index in [1.165, 1.54) is 12.1 Å². The summed E-state index contributed by atoms with van der Waals surface area (Å²) in [7, 11) is 4.04. The molecular formula is C25H26N4O5S. The van der Waals surface area contributed by atoms with Crippen LogP contribution in [0.25, 0.3) is 11.3 Å². The number of carboxylic acid groups (broad SMARTS) is 2. The molecule has 0 bridgehead atoms. The maximum absolute atomic E-state index is 11.5. The summed E-state index contributed by atoms with van der Waals surface area (Å²) >= 11 is 5.67. The molecule has 1 aliphatic rings. The summed E-state index contributed by atoms with van der Waals surface area (Å²) in [5.74, 6) is -1.44. The van der Waals surface area contributed by atoms with Crippen LogP contribution in [0.3, 0.4) is 0 Å². The highest BCUT2D eigenvalue weighted by Crippen LogP contribution is 2.40. The number of nitrogens with one attached hydrogen (secondary N) is 1. The lowest BCUT2D eigenvalue weighted by Crippen LogP contribution is -2.32. The predicted octanol–water partition coefficient (Wildman–Crippen LogP) is 3.66. The first-order chi connectivity index (χ1) is 16.7. The zero-order valence-electron chi connectivity index (χ0n) is 19.3. The Hall–Kier alpha value is -3.76. The third kappa shape index (κ3) is 5.33. The van der Waals surface area contributed by atoms with E-state index in [0.29, 0.717) is 28.7 Å². The maximum atomic E-state index is 11.5. The maximum Gasteiger partial charge on any atom is 0.335 e. The molecule has 4 rings (SSSR count). The van der Waals surface area contributed by atoms with Crippen LogP contribution in [0.1, 0.15) is 50.7 Å².